The fraction of sp³-hybridized carbons (Fsp3) is 0.450. The largest absolute Gasteiger partial charge is 0.293 e. The highest BCUT2D eigenvalue weighted by atomic mass is 16.2. The summed E-state index contributed by atoms with van der Waals surface area (Å²) in [5.41, 5.74) is 0.511. The first kappa shape index (κ1) is 16.2. The fourth-order valence-electron chi connectivity index (χ4n) is 4.52. The molecule has 0 unspecified atom stereocenters. The predicted molar refractivity (Wildman–Crippen MR) is 92.3 cm³/mol. The number of hydrogen-bond donors (Lipinski definition) is 0. The van der Waals surface area contributed by atoms with Gasteiger partial charge in [-0.25, -0.2) is 0 Å². The first-order valence-corrected chi connectivity index (χ1v) is 8.70. The van der Waals surface area contributed by atoms with E-state index in [9.17, 15) is 14.4 Å². The zero-order valence-corrected chi connectivity index (χ0v) is 14.7. The molecule has 3 aliphatic rings. The number of amides is 2. The maximum atomic E-state index is 13.0. The minimum Gasteiger partial charge on any atom is -0.293 e. The van der Waals surface area contributed by atoms with E-state index < -0.39 is 23.4 Å². The number of carbonyl (C=O) groups excluding carboxylic acids is 3. The molecule has 25 heavy (non-hydrogen) atoms. The Bertz CT molecular complexity index is 778. The summed E-state index contributed by atoms with van der Waals surface area (Å²) in [6, 6.07) is 9.13. The van der Waals surface area contributed by atoms with Crippen molar-refractivity contribution in [2.75, 3.05) is 0 Å². The van der Waals surface area contributed by atoms with Gasteiger partial charge in [0.05, 0.1) is 17.9 Å². The smallest absolute Gasteiger partial charge is 0.235 e. The van der Waals surface area contributed by atoms with Crippen LogP contribution in [-0.2, 0) is 20.9 Å². The molecule has 3 aliphatic heterocycles. The molecule has 0 N–H and O–H groups in total. The minimum absolute atomic E-state index is 0.0726. The number of fused-ring (bicyclic) bond motifs is 5. The second-order valence-corrected chi connectivity index (χ2v) is 8.09. The van der Waals surface area contributed by atoms with E-state index in [1.165, 1.54) is 4.90 Å². The summed E-state index contributed by atoms with van der Waals surface area (Å²) >= 11 is 0. The summed E-state index contributed by atoms with van der Waals surface area (Å²) in [6.45, 7) is 6.15. The number of likely N-dealkylation sites (tertiary alicyclic amines) is 1. The Morgan fingerprint density at radius 2 is 1.60 bits per heavy atom. The van der Waals surface area contributed by atoms with Crippen LogP contribution in [0.2, 0.25) is 0 Å². The van der Waals surface area contributed by atoms with Gasteiger partial charge in [0, 0.05) is 18.1 Å². The summed E-state index contributed by atoms with van der Waals surface area (Å²) in [5, 5.41) is 0. The molecule has 5 nitrogen and oxygen atoms in total. The quantitative estimate of drug-likeness (QED) is 0.772. The maximum Gasteiger partial charge on any atom is 0.235 e. The predicted octanol–water partition coefficient (Wildman–Crippen LogP) is 1.78. The van der Waals surface area contributed by atoms with Crippen molar-refractivity contribution in [2.45, 2.75) is 44.9 Å². The molecular weight excluding hydrogens is 316 g/mol. The molecule has 2 fully saturated rings. The normalized spacial score (nSPS) is 31.8. The van der Waals surface area contributed by atoms with Crippen LogP contribution in [0.15, 0.2) is 42.5 Å². The van der Waals surface area contributed by atoms with Crippen molar-refractivity contribution in [3.8, 4) is 0 Å². The Labute approximate surface area is 147 Å². The number of imide groups is 1. The molecule has 5 heteroatoms. The van der Waals surface area contributed by atoms with Gasteiger partial charge in [0.25, 0.3) is 0 Å². The number of hydrogen-bond acceptors (Lipinski definition) is 4. The molecule has 1 aromatic carbocycles. The van der Waals surface area contributed by atoms with Crippen molar-refractivity contribution in [2.24, 2.45) is 11.8 Å². The third-order valence-corrected chi connectivity index (χ3v) is 5.47. The summed E-state index contributed by atoms with van der Waals surface area (Å²) < 4.78 is 0. The zero-order chi connectivity index (χ0) is 17.9. The molecule has 0 spiro atoms. The molecule has 4 rings (SSSR count). The van der Waals surface area contributed by atoms with E-state index in [2.05, 4.69) is 0 Å². The van der Waals surface area contributed by atoms with Gasteiger partial charge in [0.1, 0.15) is 0 Å². The highest BCUT2D eigenvalue weighted by molar-refractivity contribution is 6.12. The van der Waals surface area contributed by atoms with E-state index in [1.54, 1.807) is 6.08 Å². The lowest BCUT2D eigenvalue weighted by atomic mass is 9.90. The van der Waals surface area contributed by atoms with Gasteiger partial charge in [0.15, 0.2) is 5.78 Å². The maximum absolute atomic E-state index is 13.0. The number of ketones is 1. The topological polar surface area (TPSA) is 57.7 Å². The van der Waals surface area contributed by atoms with Crippen molar-refractivity contribution in [3.63, 3.8) is 0 Å². The van der Waals surface area contributed by atoms with Gasteiger partial charge in [0.2, 0.25) is 11.8 Å². The second kappa shape index (κ2) is 5.36. The SMILES string of the molecule is CC(C)(C)N1C(=O)[C@@H]2[C@H](C1=O)[C@@H]1C=CC(=O)[C@H]2N1Cc1ccccc1. The Morgan fingerprint density at radius 1 is 0.960 bits per heavy atom. The average molecular weight is 338 g/mol. The fourth-order valence-corrected chi connectivity index (χ4v) is 4.52. The summed E-state index contributed by atoms with van der Waals surface area (Å²) in [7, 11) is 0. The third kappa shape index (κ3) is 2.29. The highest BCUT2D eigenvalue weighted by Crippen LogP contribution is 2.47. The highest BCUT2D eigenvalue weighted by Gasteiger charge is 2.65. The van der Waals surface area contributed by atoms with Crippen molar-refractivity contribution >= 4 is 17.6 Å². The van der Waals surface area contributed by atoms with Crippen LogP contribution in [0.4, 0.5) is 0 Å². The first-order chi connectivity index (χ1) is 11.8. The van der Waals surface area contributed by atoms with Gasteiger partial charge in [-0.05, 0) is 32.4 Å². The standard InChI is InChI=1S/C20H22N2O3/c1-20(2,3)22-18(24)15-13-9-10-14(23)17(16(15)19(22)25)21(13)11-12-7-5-4-6-8-12/h4-10,13,15-17H,11H2,1-3H3/t13-,15+,16+,17+/m0/s1. The number of nitrogens with zero attached hydrogens (tertiary/aromatic N) is 2. The molecule has 130 valence electrons. The van der Waals surface area contributed by atoms with E-state index in [0.717, 1.165) is 5.56 Å². The van der Waals surface area contributed by atoms with Gasteiger partial charge in [-0.15, -0.1) is 0 Å². The molecule has 1 aromatic rings. The van der Waals surface area contributed by atoms with Crippen LogP contribution < -0.4 is 0 Å². The molecule has 0 aromatic heterocycles. The molecule has 2 amide bonds. The van der Waals surface area contributed by atoms with Crippen LogP contribution in [0.3, 0.4) is 0 Å². The van der Waals surface area contributed by atoms with Gasteiger partial charge in [-0.3, -0.25) is 24.2 Å². The van der Waals surface area contributed by atoms with Crippen molar-refractivity contribution < 1.29 is 14.4 Å². The van der Waals surface area contributed by atoms with Gasteiger partial charge >= 0.3 is 0 Å². The monoisotopic (exact) mass is 338 g/mol. The lowest BCUT2D eigenvalue weighted by Gasteiger charge is -2.36. The second-order valence-electron chi connectivity index (χ2n) is 8.09. The van der Waals surface area contributed by atoms with E-state index >= 15 is 0 Å². The van der Waals surface area contributed by atoms with E-state index in [4.69, 9.17) is 0 Å². The van der Waals surface area contributed by atoms with Crippen molar-refractivity contribution in [1.29, 1.82) is 0 Å². The van der Waals surface area contributed by atoms with E-state index in [-0.39, 0.29) is 23.6 Å². The van der Waals surface area contributed by atoms with Gasteiger partial charge in [-0.1, -0.05) is 36.4 Å². The molecule has 2 saturated heterocycles. The summed E-state index contributed by atoms with van der Waals surface area (Å²) in [5.74, 6) is -1.44. The van der Waals surface area contributed by atoms with Crippen LogP contribution in [-0.4, -0.2) is 45.0 Å². The zero-order valence-electron chi connectivity index (χ0n) is 14.7. The molecule has 3 heterocycles. The molecule has 4 atom stereocenters. The lowest BCUT2D eigenvalue weighted by molar-refractivity contribution is -0.148. The Balaban J connectivity index is 1.72. The van der Waals surface area contributed by atoms with E-state index in [1.807, 2.05) is 62.1 Å². The number of rotatable bonds is 2. The van der Waals surface area contributed by atoms with Crippen LogP contribution in [0.5, 0.6) is 0 Å². The minimum atomic E-state index is -0.567. The molecule has 2 bridgehead atoms. The van der Waals surface area contributed by atoms with Crippen LogP contribution in [0.25, 0.3) is 0 Å². The molecule has 0 aliphatic carbocycles. The average Bonchev–Trinajstić information content (AvgIpc) is 2.92. The van der Waals surface area contributed by atoms with Crippen molar-refractivity contribution in [3.05, 3.63) is 48.0 Å². The van der Waals surface area contributed by atoms with Crippen LogP contribution in [0.1, 0.15) is 26.3 Å². The van der Waals surface area contributed by atoms with Crippen LogP contribution in [0, 0.1) is 11.8 Å². The van der Waals surface area contributed by atoms with Crippen LogP contribution >= 0.6 is 0 Å². The Kier molecular flexibility index (Phi) is 3.48. The van der Waals surface area contributed by atoms with E-state index in [0.29, 0.717) is 6.54 Å². The van der Waals surface area contributed by atoms with Gasteiger partial charge in [-0.2, -0.15) is 0 Å². The number of carbonyl (C=O) groups is 3. The molecular formula is C20H22N2O3. The lowest BCUT2D eigenvalue weighted by Crippen LogP contribution is -2.52. The number of benzene rings is 1. The van der Waals surface area contributed by atoms with Gasteiger partial charge < -0.3 is 0 Å². The molecule has 0 radical (unpaired) electrons. The summed E-state index contributed by atoms with van der Waals surface area (Å²) in [6.07, 6.45) is 3.36. The Hall–Kier alpha value is -2.27. The molecule has 0 saturated carbocycles. The van der Waals surface area contributed by atoms with Crippen molar-refractivity contribution in [1.82, 2.24) is 9.80 Å². The third-order valence-electron chi connectivity index (χ3n) is 5.47. The Morgan fingerprint density at radius 3 is 2.24 bits per heavy atom. The first-order valence-electron chi connectivity index (χ1n) is 8.70. The summed E-state index contributed by atoms with van der Waals surface area (Å²) in [4.78, 5) is 42.0.